The molecule has 1 aliphatic heterocycles. The maximum atomic E-state index is 10.9. The van der Waals surface area contributed by atoms with Crippen molar-refractivity contribution in [3.05, 3.63) is 17.5 Å². The Balaban J connectivity index is 2.10. The molecule has 1 amide bonds. The van der Waals surface area contributed by atoms with Crippen LogP contribution in [0.25, 0.3) is 0 Å². The van der Waals surface area contributed by atoms with Crippen LogP contribution in [0.1, 0.15) is 29.0 Å². The van der Waals surface area contributed by atoms with E-state index in [2.05, 4.69) is 5.10 Å². The number of hydrogen-bond acceptors (Lipinski definition) is 3. The number of hydrogen-bond donors (Lipinski definition) is 1. The molecule has 5 nitrogen and oxygen atoms in total. The van der Waals surface area contributed by atoms with Gasteiger partial charge in [0, 0.05) is 12.3 Å². The molecular formula is C10H15N3O2. The van der Waals surface area contributed by atoms with Crippen LogP contribution >= 0.6 is 0 Å². The Kier molecular flexibility index (Phi) is 2.73. The number of carbonyl (C=O) groups excluding carboxylic acids is 1. The van der Waals surface area contributed by atoms with Crippen molar-refractivity contribution < 1.29 is 9.53 Å². The van der Waals surface area contributed by atoms with Gasteiger partial charge in [-0.05, 0) is 25.8 Å². The topological polar surface area (TPSA) is 70.1 Å². The fourth-order valence-electron chi connectivity index (χ4n) is 1.80. The third kappa shape index (κ3) is 2.18. The summed E-state index contributed by atoms with van der Waals surface area (Å²) >= 11 is 0. The molecule has 1 aliphatic rings. The van der Waals surface area contributed by atoms with Gasteiger partial charge in [0.15, 0.2) is 0 Å². The number of carbonyl (C=O) groups is 1. The summed E-state index contributed by atoms with van der Waals surface area (Å²) in [6.45, 7) is 3.45. The van der Waals surface area contributed by atoms with Crippen LogP contribution in [0.5, 0.6) is 0 Å². The van der Waals surface area contributed by atoms with Gasteiger partial charge in [0.05, 0.1) is 12.6 Å². The maximum absolute atomic E-state index is 10.9. The first kappa shape index (κ1) is 10.2. The highest BCUT2D eigenvalue weighted by Gasteiger charge is 2.18. The van der Waals surface area contributed by atoms with Crippen molar-refractivity contribution in [2.75, 3.05) is 6.61 Å². The quantitative estimate of drug-likeness (QED) is 0.786. The minimum atomic E-state index is -0.482. The predicted molar refractivity (Wildman–Crippen MR) is 54.5 cm³/mol. The predicted octanol–water partition coefficient (Wildman–Crippen LogP) is 0.469. The second-order valence-electron chi connectivity index (χ2n) is 3.85. The molecular weight excluding hydrogens is 194 g/mol. The molecule has 5 heteroatoms. The summed E-state index contributed by atoms with van der Waals surface area (Å²) in [5.41, 5.74) is 6.43. The first-order valence-corrected chi connectivity index (χ1v) is 5.12. The third-order valence-corrected chi connectivity index (χ3v) is 2.63. The first-order chi connectivity index (χ1) is 7.16. The molecule has 1 saturated heterocycles. The number of ether oxygens (including phenoxy) is 1. The fourth-order valence-corrected chi connectivity index (χ4v) is 1.80. The van der Waals surface area contributed by atoms with E-state index >= 15 is 0 Å². The summed E-state index contributed by atoms with van der Waals surface area (Å²) in [4.78, 5) is 10.9. The summed E-state index contributed by atoms with van der Waals surface area (Å²) in [5.74, 6) is -0.482. The van der Waals surface area contributed by atoms with E-state index in [9.17, 15) is 4.79 Å². The Labute approximate surface area is 88.2 Å². The van der Waals surface area contributed by atoms with Gasteiger partial charge in [0.1, 0.15) is 5.69 Å². The second-order valence-corrected chi connectivity index (χ2v) is 3.85. The van der Waals surface area contributed by atoms with E-state index < -0.39 is 5.91 Å². The number of amides is 1. The van der Waals surface area contributed by atoms with Gasteiger partial charge in [0.25, 0.3) is 5.91 Å². The van der Waals surface area contributed by atoms with Crippen LogP contribution < -0.4 is 5.73 Å². The van der Waals surface area contributed by atoms with Crippen LogP contribution in [0.3, 0.4) is 0 Å². The molecule has 0 bridgehead atoms. The van der Waals surface area contributed by atoms with Crippen LogP contribution in [0.15, 0.2) is 6.07 Å². The minimum Gasteiger partial charge on any atom is -0.376 e. The molecule has 2 N–H and O–H groups in total. The van der Waals surface area contributed by atoms with Crippen molar-refractivity contribution in [2.45, 2.75) is 32.4 Å². The van der Waals surface area contributed by atoms with Crippen molar-refractivity contribution in [1.82, 2.24) is 9.78 Å². The van der Waals surface area contributed by atoms with E-state index in [4.69, 9.17) is 10.5 Å². The number of nitrogens with two attached hydrogens (primary N) is 1. The van der Waals surface area contributed by atoms with Crippen molar-refractivity contribution in [3.8, 4) is 0 Å². The fraction of sp³-hybridized carbons (Fsp3) is 0.600. The Bertz CT molecular complexity index is 367. The smallest absolute Gasteiger partial charge is 0.269 e. The highest BCUT2D eigenvalue weighted by atomic mass is 16.5. The Morgan fingerprint density at radius 1 is 1.80 bits per heavy atom. The van der Waals surface area contributed by atoms with Crippen LogP contribution in [0.4, 0.5) is 0 Å². The standard InChI is InChI=1S/C10H15N3O2/c1-7-5-9(10(11)14)12-13(7)6-8-3-2-4-15-8/h5,8H,2-4,6H2,1H3,(H2,11,14). The Morgan fingerprint density at radius 2 is 2.60 bits per heavy atom. The minimum absolute atomic E-state index is 0.226. The second kappa shape index (κ2) is 4.02. The zero-order valence-electron chi connectivity index (χ0n) is 8.77. The van der Waals surface area contributed by atoms with E-state index in [0.29, 0.717) is 12.2 Å². The summed E-state index contributed by atoms with van der Waals surface area (Å²) < 4.78 is 7.29. The molecule has 82 valence electrons. The number of primary amides is 1. The molecule has 0 saturated carbocycles. The van der Waals surface area contributed by atoms with Crippen molar-refractivity contribution in [3.63, 3.8) is 0 Å². The molecule has 1 atom stereocenters. The largest absolute Gasteiger partial charge is 0.376 e. The molecule has 2 heterocycles. The van der Waals surface area contributed by atoms with Crippen molar-refractivity contribution >= 4 is 5.91 Å². The Hall–Kier alpha value is -1.36. The van der Waals surface area contributed by atoms with Gasteiger partial charge in [-0.3, -0.25) is 9.48 Å². The lowest BCUT2D eigenvalue weighted by Gasteiger charge is -2.10. The van der Waals surface area contributed by atoms with Crippen molar-refractivity contribution in [1.29, 1.82) is 0 Å². The molecule has 1 aromatic heterocycles. The average Bonchev–Trinajstić information content (AvgIpc) is 2.77. The first-order valence-electron chi connectivity index (χ1n) is 5.12. The molecule has 0 radical (unpaired) electrons. The highest BCUT2D eigenvalue weighted by molar-refractivity contribution is 5.90. The third-order valence-electron chi connectivity index (χ3n) is 2.63. The summed E-state index contributed by atoms with van der Waals surface area (Å²) in [6, 6.07) is 1.71. The van der Waals surface area contributed by atoms with E-state index in [1.807, 2.05) is 6.92 Å². The maximum Gasteiger partial charge on any atom is 0.269 e. The number of rotatable bonds is 3. The number of aryl methyl sites for hydroxylation is 1. The summed E-state index contributed by atoms with van der Waals surface area (Å²) in [5, 5.41) is 4.13. The van der Waals surface area contributed by atoms with Gasteiger partial charge in [-0.15, -0.1) is 0 Å². The van der Waals surface area contributed by atoms with Gasteiger partial charge in [-0.2, -0.15) is 5.10 Å². The number of aromatic nitrogens is 2. The lowest BCUT2D eigenvalue weighted by molar-refractivity contribution is 0.0923. The lowest BCUT2D eigenvalue weighted by atomic mass is 10.2. The molecule has 15 heavy (non-hydrogen) atoms. The lowest BCUT2D eigenvalue weighted by Crippen LogP contribution is -2.18. The van der Waals surface area contributed by atoms with Gasteiger partial charge in [-0.1, -0.05) is 0 Å². The highest BCUT2D eigenvalue weighted by Crippen LogP contribution is 2.15. The SMILES string of the molecule is Cc1cc(C(N)=O)nn1CC1CCCO1. The molecule has 0 aromatic carbocycles. The summed E-state index contributed by atoms with van der Waals surface area (Å²) in [7, 11) is 0. The Morgan fingerprint density at radius 3 is 3.13 bits per heavy atom. The van der Waals surface area contributed by atoms with Crippen molar-refractivity contribution in [2.24, 2.45) is 5.73 Å². The number of nitrogens with zero attached hydrogens (tertiary/aromatic N) is 2. The molecule has 1 fully saturated rings. The van der Waals surface area contributed by atoms with Gasteiger partial charge in [-0.25, -0.2) is 0 Å². The van der Waals surface area contributed by atoms with Crippen LogP contribution in [0, 0.1) is 6.92 Å². The van der Waals surface area contributed by atoms with E-state index in [1.54, 1.807) is 10.7 Å². The molecule has 1 aromatic rings. The molecule has 0 aliphatic carbocycles. The monoisotopic (exact) mass is 209 g/mol. The zero-order chi connectivity index (χ0) is 10.8. The van der Waals surface area contributed by atoms with E-state index in [-0.39, 0.29) is 6.10 Å². The molecule has 1 unspecified atom stereocenters. The average molecular weight is 209 g/mol. The molecule has 0 spiro atoms. The van der Waals surface area contributed by atoms with Gasteiger partial charge < -0.3 is 10.5 Å². The van der Waals surface area contributed by atoms with E-state index in [0.717, 1.165) is 25.1 Å². The summed E-state index contributed by atoms with van der Waals surface area (Å²) in [6.07, 6.45) is 2.39. The van der Waals surface area contributed by atoms with Gasteiger partial charge in [0.2, 0.25) is 0 Å². The van der Waals surface area contributed by atoms with Crippen LogP contribution in [0.2, 0.25) is 0 Å². The zero-order valence-corrected chi connectivity index (χ0v) is 8.77. The van der Waals surface area contributed by atoms with Crippen LogP contribution in [-0.2, 0) is 11.3 Å². The molecule has 2 rings (SSSR count). The van der Waals surface area contributed by atoms with Crippen LogP contribution in [-0.4, -0.2) is 28.4 Å². The van der Waals surface area contributed by atoms with Gasteiger partial charge >= 0.3 is 0 Å². The normalized spacial score (nSPS) is 20.7. The van der Waals surface area contributed by atoms with E-state index in [1.165, 1.54) is 0 Å².